The maximum absolute atomic E-state index is 5.78. The molecule has 0 spiro atoms. The van der Waals surface area contributed by atoms with Gasteiger partial charge in [-0.25, -0.2) is 0 Å². The van der Waals surface area contributed by atoms with Gasteiger partial charge in [0.25, 0.3) is 0 Å². The van der Waals surface area contributed by atoms with Gasteiger partial charge in [-0.05, 0) is 25.5 Å². The minimum atomic E-state index is 0.383. The molecule has 0 fully saturated rings. The number of nitrogens with one attached hydrogen (secondary N) is 1. The lowest BCUT2D eigenvalue weighted by atomic mass is 10.1. The molecule has 0 saturated heterocycles. The first-order valence-electron chi connectivity index (χ1n) is 7.55. The third-order valence-corrected chi connectivity index (χ3v) is 3.18. The highest BCUT2D eigenvalue weighted by molar-refractivity contribution is 5.02. The van der Waals surface area contributed by atoms with E-state index in [-0.39, 0.29) is 0 Å². The number of aromatic nitrogens is 1. The van der Waals surface area contributed by atoms with Crippen molar-refractivity contribution < 1.29 is 4.74 Å². The largest absolute Gasteiger partial charge is 0.377 e. The van der Waals surface area contributed by atoms with Crippen molar-refractivity contribution in [3.8, 4) is 0 Å². The van der Waals surface area contributed by atoms with Crippen LogP contribution in [0.2, 0.25) is 0 Å². The molecule has 1 heterocycles. The number of hydrogen-bond acceptors (Lipinski definition) is 3. The fraction of sp³-hybridized carbons (Fsp3) is 0.688. The van der Waals surface area contributed by atoms with Crippen molar-refractivity contribution in [1.29, 1.82) is 0 Å². The van der Waals surface area contributed by atoms with E-state index in [0.29, 0.717) is 6.10 Å². The zero-order chi connectivity index (χ0) is 13.8. The van der Waals surface area contributed by atoms with Crippen LogP contribution in [0.15, 0.2) is 24.4 Å². The second kappa shape index (κ2) is 10.9. The Bertz CT molecular complexity index is 303. The molecular formula is C16H28N2O. The summed E-state index contributed by atoms with van der Waals surface area (Å²) >= 11 is 0. The average molecular weight is 264 g/mol. The number of hydrogen-bond donors (Lipinski definition) is 1. The lowest BCUT2D eigenvalue weighted by Gasteiger charge is -2.13. The predicted molar refractivity (Wildman–Crippen MR) is 80.1 cm³/mol. The highest BCUT2D eigenvalue weighted by atomic mass is 16.5. The Hall–Kier alpha value is -0.930. The van der Waals surface area contributed by atoms with E-state index < -0.39 is 0 Å². The quantitative estimate of drug-likeness (QED) is 0.621. The van der Waals surface area contributed by atoms with Gasteiger partial charge in [-0.3, -0.25) is 4.98 Å². The van der Waals surface area contributed by atoms with E-state index in [9.17, 15) is 0 Å². The fourth-order valence-electron chi connectivity index (χ4n) is 1.99. The molecule has 0 aliphatic rings. The minimum absolute atomic E-state index is 0.383. The zero-order valence-corrected chi connectivity index (χ0v) is 12.4. The van der Waals surface area contributed by atoms with Crippen molar-refractivity contribution in [2.45, 2.75) is 58.6 Å². The van der Waals surface area contributed by atoms with Gasteiger partial charge in [0.1, 0.15) is 0 Å². The number of unbranched alkanes of at least 4 members (excludes halogenated alkanes) is 3. The Morgan fingerprint density at radius 2 is 2.16 bits per heavy atom. The maximum Gasteiger partial charge on any atom is 0.0594 e. The van der Waals surface area contributed by atoms with Crippen LogP contribution in [0.5, 0.6) is 0 Å². The first-order chi connectivity index (χ1) is 9.33. The van der Waals surface area contributed by atoms with E-state index in [2.05, 4.69) is 24.1 Å². The first kappa shape index (κ1) is 16.1. The van der Waals surface area contributed by atoms with E-state index in [0.717, 1.165) is 25.4 Å². The average Bonchev–Trinajstić information content (AvgIpc) is 2.44. The summed E-state index contributed by atoms with van der Waals surface area (Å²) in [6, 6.07) is 5.98. The summed E-state index contributed by atoms with van der Waals surface area (Å²) in [5.41, 5.74) is 1.08. The van der Waals surface area contributed by atoms with Crippen LogP contribution in [-0.4, -0.2) is 24.2 Å². The Morgan fingerprint density at radius 3 is 2.89 bits per heavy atom. The van der Waals surface area contributed by atoms with Crippen LogP contribution in [0.3, 0.4) is 0 Å². The van der Waals surface area contributed by atoms with Crippen LogP contribution in [0, 0.1) is 0 Å². The molecule has 0 aliphatic carbocycles. The molecule has 1 atom stereocenters. The monoisotopic (exact) mass is 264 g/mol. The number of nitrogens with zero attached hydrogens (tertiary/aromatic N) is 1. The topological polar surface area (TPSA) is 34.1 Å². The molecule has 0 radical (unpaired) electrons. The van der Waals surface area contributed by atoms with Crippen molar-refractivity contribution in [1.82, 2.24) is 10.3 Å². The molecule has 0 aliphatic heterocycles. The molecule has 1 N–H and O–H groups in total. The Kier molecular flexibility index (Phi) is 9.29. The molecule has 1 unspecified atom stereocenters. The lowest BCUT2D eigenvalue weighted by molar-refractivity contribution is 0.0602. The van der Waals surface area contributed by atoms with Crippen LogP contribution in [0.25, 0.3) is 0 Å². The zero-order valence-electron chi connectivity index (χ0n) is 12.4. The highest BCUT2D eigenvalue weighted by Gasteiger charge is 2.01. The van der Waals surface area contributed by atoms with Crippen molar-refractivity contribution in [3.05, 3.63) is 30.1 Å². The summed E-state index contributed by atoms with van der Waals surface area (Å²) in [5.74, 6) is 0. The number of ether oxygens (including phenoxy) is 1. The molecule has 3 nitrogen and oxygen atoms in total. The molecular weight excluding hydrogens is 236 g/mol. The van der Waals surface area contributed by atoms with E-state index in [1.54, 1.807) is 0 Å². The van der Waals surface area contributed by atoms with Crippen LogP contribution in [-0.2, 0) is 11.3 Å². The van der Waals surface area contributed by atoms with Gasteiger partial charge >= 0.3 is 0 Å². The molecule has 0 amide bonds. The molecule has 19 heavy (non-hydrogen) atoms. The number of pyridine rings is 1. The molecule has 108 valence electrons. The fourth-order valence-corrected chi connectivity index (χ4v) is 1.99. The molecule has 1 aromatic heterocycles. The van der Waals surface area contributed by atoms with Gasteiger partial charge in [0.05, 0.1) is 18.4 Å². The summed E-state index contributed by atoms with van der Waals surface area (Å²) in [5, 5.41) is 3.35. The summed E-state index contributed by atoms with van der Waals surface area (Å²) in [7, 11) is 0. The molecule has 0 bridgehead atoms. The van der Waals surface area contributed by atoms with Gasteiger partial charge in [-0.15, -0.1) is 0 Å². The third kappa shape index (κ3) is 8.73. The maximum atomic E-state index is 5.78. The Labute approximate surface area is 117 Å². The van der Waals surface area contributed by atoms with Gasteiger partial charge < -0.3 is 10.1 Å². The SMILES string of the molecule is CCCCCCC(C)OCCNCc1ccccn1. The van der Waals surface area contributed by atoms with E-state index in [1.165, 1.54) is 32.1 Å². The molecule has 1 aromatic rings. The van der Waals surface area contributed by atoms with Crippen LogP contribution in [0.4, 0.5) is 0 Å². The van der Waals surface area contributed by atoms with Gasteiger partial charge in [-0.1, -0.05) is 38.7 Å². The predicted octanol–water partition coefficient (Wildman–Crippen LogP) is 3.55. The highest BCUT2D eigenvalue weighted by Crippen LogP contribution is 2.07. The van der Waals surface area contributed by atoms with Crippen molar-refractivity contribution in [2.24, 2.45) is 0 Å². The summed E-state index contributed by atoms with van der Waals surface area (Å²) in [4.78, 5) is 4.27. The number of rotatable bonds is 11. The standard InChI is InChI=1S/C16H28N2O/c1-3-4-5-6-9-15(2)19-13-12-17-14-16-10-7-8-11-18-16/h7-8,10-11,15,17H,3-6,9,12-14H2,1-2H3. The van der Waals surface area contributed by atoms with Crippen LogP contribution >= 0.6 is 0 Å². The van der Waals surface area contributed by atoms with Gasteiger partial charge in [-0.2, -0.15) is 0 Å². The second-order valence-electron chi connectivity index (χ2n) is 5.03. The Balaban J connectivity index is 1.92. The molecule has 1 rings (SSSR count). The lowest BCUT2D eigenvalue weighted by Crippen LogP contribution is -2.22. The smallest absolute Gasteiger partial charge is 0.0594 e. The van der Waals surface area contributed by atoms with Crippen LogP contribution in [0.1, 0.15) is 51.6 Å². The van der Waals surface area contributed by atoms with Crippen molar-refractivity contribution in [2.75, 3.05) is 13.2 Å². The summed E-state index contributed by atoms with van der Waals surface area (Å²) in [6.45, 7) is 6.89. The van der Waals surface area contributed by atoms with E-state index in [4.69, 9.17) is 4.74 Å². The Morgan fingerprint density at radius 1 is 1.26 bits per heavy atom. The van der Waals surface area contributed by atoms with Gasteiger partial charge in [0, 0.05) is 19.3 Å². The second-order valence-corrected chi connectivity index (χ2v) is 5.03. The van der Waals surface area contributed by atoms with E-state index >= 15 is 0 Å². The molecule has 3 heteroatoms. The third-order valence-electron chi connectivity index (χ3n) is 3.18. The van der Waals surface area contributed by atoms with Gasteiger partial charge in [0.15, 0.2) is 0 Å². The van der Waals surface area contributed by atoms with Crippen molar-refractivity contribution >= 4 is 0 Å². The van der Waals surface area contributed by atoms with E-state index in [1.807, 2.05) is 24.4 Å². The molecule has 0 saturated carbocycles. The molecule has 0 aromatic carbocycles. The van der Waals surface area contributed by atoms with Crippen molar-refractivity contribution in [3.63, 3.8) is 0 Å². The summed E-state index contributed by atoms with van der Waals surface area (Å²) < 4.78 is 5.78. The minimum Gasteiger partial charge on any atom is -0.377 e. The van der Waals surface area contributed by atoms with Gasteiger partial charge in [0.2, 0.25) is 0 Å². The van der Waals surface area contributed by atoms with Crippen LogP contribution < -0.4 is 5.32 Å². The summed E-state index contributed by atoms with van der Waals surface area (Å²) in [6.07, 6.45) is 8.66. The first-order valence-corrected chi connectivity index (χ1v) is 7.55. The normalized spacial score (nSPS) is 12.5.